The number of benzene rings is 2. The van der Waals surface area contributed by atoms with E-state index >= 15 is 0 Å². The van der Waals surface area contributed by atoms with Gasteiger partial charge >= 0.3 is 0 Å². The molecular formula is C18H15N3O4S. The van der Waals surface area contributed by atoms with Crippen molar-refractivity contribution >= 4 is 33.2 Å². The number of hydrogen-bond acceptors (Lipinski definition) is 5. The summed E-state index contributed by atoms with van der Waals surface area (Å²) >= 11 is 0. The van der Waals surface area contributed by atoms with Crippen LogP contribution in [-0.4, -0.2) is 20.2 Å². The molecule has 7 nitrogen and oxygen atoms in total. The van der Waals surface area contributed by atoms with Crippen LogP contribution in [0.25, 0.3) is 0 Å². The molecule has 0 aliphatic carbocycles. The summed E-state index contributed by atoms with van der Waals surface area (Å²) in [5.74, 6) is -0.593. The molecule has 1 N–H and O–H groups in total. The van der Waals surface area contributed by atoms with E-state index in [1.165, 1.54) is 30.3 Å². The highest BCUT2D eigenvalue weighted by atomic mass is 32.2. The first-order valence-electron chi connectivity index (χ1n) is 7.82. The summed E-state index contributed by atoms with van der Waals surface area (Å²) in [5.41, 5.74) is 1.26. The Kier molecular flexibility index (Phi) is 4.49. The van der Waals surface area contributed by atoms with Gasteiger partial charge in [0.2, 0.25) is 11.8 Å². The van der Waals surface area contributed by atoms with Gasteiger partial charge in [-0.1, -0.05) is 12.1 Å². The van der Waals surface area contributed by atoms with E-state index in [0.29, 0.717) is 11.3 Å². The van der Waals surface area contributed by atoms with Gasteiger partial charge in [-0.2, -0.15) is 5.26 Å². The van der Waals surface area contributed by atoms with Gasteiger partial charge in [0, 0.05) is 12.8 Å². The Morgan fingerprint density at radius 1 is 1.08 bits per heavy atom. The largest absolute Gasteiger partial charge is 0.278 e. The summed E-state index contributed by atoms with van der Waals surface area (Å²) in [6, 6.07) is 12.4. The third-order valence-corrected chi connectivity index (χ3v) is 5.43. The van der Waals surface area contributed by atoms with Crippen LogP contribution in [0.5, 0.6) is 0 Å². The molecule has 2 aromatic rings. The highest BCUT2D eigenvalue weighted by molar-refractivity contribution is 7.92. The second kappa shape index (κ2) is 6.61. The number of nitrogens with zero attached hydrogens (tertiary/aromatic N) is 2. The van der Waals surface area contributed by atoms with Crippen LogP contribution >= 0.6 is 0 Å². The predicted molar refractivity (Wildman–Crippen MR) is 94.9 cm³/mol. The van der Waals surface area contributed by atoms with Gasteiger partial charge < -0.3 is 0 Å². The van der Waals surface area contributed by atoms with Crippen LogP contribution in [0.2, 0.25) is 0 Å². The van der Waals surface area contributed by atoms with Crippen LogP contribution in [0.1, 0.15) is 24.0 Å². The van der Waals surface area contributed by atoms with Crippen molar-refractivity contribution in [2.75, 3.05) is 9.62 Å². The fourth-order valence-corrected chi connectivity index (χ4v) is 3.93. The minimum Gasteiger partial charge on any atom is -0.278 e. The topological polar surface area (TPSA) is 107 Å². The number of carbonyl (C=O) groups excluding carboxylic acids is 2. The first-order valence-corrected chi connectivity index (χ1v) is 9.30. The first kappa shape index (κ1) is 17.6. The standard InChI is InChI=1S/C18H15N3O4S/c1-12-10-14(6-7-16(12)21-17(22)8-9-18(21)23)26(24,25)20-15-5-3-2-4-13(15)11-19/h2-7,10,20H,8-9H2,1H3. The van der Waals surface area contributed by atoms with Crippen LogP contribution in [0.3, 0.4) is 0 Å². The van der Waals surface area contributed by atoms with Crippen molar-refractivity contribution in [1.29, 1.82) is 5.26 Å². The van der Waals surface area contributed by atoms with E-state index in [1.54, 1.807) is 19.1 Å². The molecule has 2 amide bonds. The van der Waals surface area contributed by atoms with Crippen molar-refractivity contribution in [3.8, 4) is 6.07 Å². The molecule has 0 saturated carbocycles. The molecule has 1 aliphatic heterocycles. The molecule has 1 heterocycles. The Morgan fingerprint density at radius 2 is 1.73 bits per heavy atom. The SMILES string of the molecule is Cc1cc(S(=O)(=O)Nc2ccccc2C#N)ccc1N1C(=O)CCC1=O. The van der Waals surface area contributed by atoms with Gasteiger partial charge in [-0.25, -0.2) is 8.42 Å². The average Bonchev–Trinajstić information content (AvgIpc) is 2.94. The molecule has 26 heavy (non-hydrogen) atoms. The molecule has 1 fully saturated rings. The number of anilines is 2. The van der Waals surface area contributed by atoms with Gasteiger partial charge in [-0.15, -0.1) is 0 Å². The highest BCUT2D eigenvalue weighted by Crippen LogP contribution is 2.29. The maximum atomic E-state index is 12.6. The molecule has 0 radical (unpaired) electrons. The Balaban J connectivity index is 1.94. The number of sulfonamides is 1. The molecule has 8 heteroatoms. The quantitative estimate of drug-likeness (QED) is 0.832. The second-order valence-corrected chi connectivity index (χ2v) is 7.52. The molecule has 1 saturated heterocycles. The molecule has 3 rings (SSSR count). The number of aryl methyl sites for hydroxylation is 1. The molecule has 2 aromatic carbocycles. The van der Waals surface area contributed by atoms with E-state index in [9.17, 15) is 18.0 Å². The van der Waals surface area contributed by atoms with E-state index in [2.05, 4.69) is 4.72 Å². The van der Waals surface area contributed by atoms with Crippen LogP contribution in [0.15, 0.2) is 47.4 Å². The summed E-state index contributed by atoms with van der Waals surface area (Å²) in [5, 5.41) is 9.08. The van der Waals surface area contributed by atoms with Crippen LogP contribution < -0.4 is 9.62 Å². The third-order valence-electron chi connectivity index (χ3n) is 4.06. The zero-order chi connectivity index (χ0) is 18.9. The summed E-state index contributed by atoms with van der Waals surface area (Å²) in [4.78, 5) is 24.8. The van der Waals surface area contributed by atoms with Gasteiger partial charge in [0.1, 0.15) is 6.07 Å². The molecule has 0 atom stereocenters. The van der Waals surface area contributed by atoms with Crippen molar-refractivity contribution in [3.63, 3.8) is 0 Å². The van der Waals surface area contributed by atoms with Gasteiger partial charge in [0.25, 0.3) is 10.0 Å². The van der Waals surface area contributed by atoms with E-state index in [-0.39, 0.29) is 40.8 Å². The fraction of sp³-hybridized carbons (Fsp3) is 0.167. The van der Waals surface area contributed by atoms with Crippen molar-refractivity contribution in [3.05, 3.63) is 53.6 Å². The molecule has 132 valence electrons. The van der Waals surface area contributed by atoms with Gasteiger partial charge in [-0.05, 0) is 42.8 Å². The number of nitrogens with one attached hydrogen (secondary N) is 1. The van der Waals surface area contributed by atoms with E-state index in [4.69, 9.17) is 5.26 Å². The van der Waals surface area contributed by atoms with E-state index in [1.807, 2.05) is 6.07 Å². The minimum absolute atomic E-state index is 0.0226. The lowest BCUT2D eigenvalue weighted by molar-refractivity contribution is -0.121. The summed E-state index contributed by atoms with van der Waals surface area (Å²) < 4.78 is 27.6. The van der Waals surface area contributed by atoms with Crippen LogP contribution in [0.4, 0.5) is 11.4 Å². The van der Waals surface area contributed by atoms with Crippen LogP contribution in [0, 0.1) is 18.3 Å². The molecular weight excluding hydrogens is 354 g/mol. The Labute approximate surface area is 150 Å². The summed E-state index contributed by atoms with van der Waals surface area (Å²) in [6.45, 7) is 1.64. The van der Waals surface area contributed by atoms with Gasteiger partial charge in [0.05, 0.1) is 21.8 Å². The zero-order valence-corrected chi connectivity index (χ0v) is 14.7. The Bertz CT molecular complexity index is 1040. The van der Waals surface area contributed by atoms with Crippen molar-refractivity contribution in [2.45, 2.75) is 24.7 Å². The van der Waals surface area contributed by atoms with Crippen molar-refractivity contribution in [2.24, 2.45) is 0 Å². The third kappa shape index (κ3) is 3.17. The number of imide groups is 1. The number of carbonyl (C=O) groups is 2. The lowest BCUT2D eigenvalue weighted by Crippen LogP contribution is -2.29. The molecule has 0 bridgehead atoms. The van der Waals surface area contributed by atoms with Crippen molar-refractivity contribution < 1.29 is 18.0 Å². The smallest absolute Gasteiger partial charge is 0.261 e. The van der Waals surface area contributed by atoms with Gasteiger partial charge in [-0.3, -0.25) is 19.2 Å². The Morgan fingerprint density at radius 3 is 2.35 bits per heavy atom. The molecule has 0 spiro atoms. The Hall–Kier alpha value is -3.18. The normalized spacial score (nSPS) is 14.4. The number of hydrogen-bond donors (Lipinski definition) is 1. The number of para-hydroxylation sites is 1. The highest BCUT2D eigenvalue weighted by Gasteiger charge is 2.31. The molecule has 0 aromatic heterocycles. The number of nitriles is 1. The number of amides is 2. The maximum Gasteiger partial charge on any atom is 0.261 e. The summed E-state index contributed by atoms with van der Waals surface area (Å²) in [6.07, 6.45) is 0.315. The molecule has 0 unspecified atom stereocenters. The lowest BCUT2D eigenvalue weighted by atomic mass is 10.2. The van der Waals surface area contributed by atoms with Gasteiger partial charge in [0.15, 0.2) is 0 Å². The minimum atomic E-state index is -3.93. The second-order valence-electron chi connectivity index (χ2n) is 5.83. The predicted octanol–water partition coefficient (Wildman–Crippen LogP) is 2.32. The first-order chi connectivity index (χ1) is 12.3. The monoisotopic (exact) mass is 369 g/mol. The van der Waals surface area contributed by atoms with E-state index in [0.717, 1.165) is 4.90 Å². The van der Waals surface area contributed by atoms with E-state index < -0.39 is 10.0 Å². The van der Waals surface area contributed by atoms with Crippen molar-refractivity contribution in [1.82, 2.24) is 0 Å². The van der Waals surface area contributed by atoms with Crippen LogP contribution in [-0.2, 0) is 19.6 Å². The zero-order valence-electron chi connectivity index (χ0n) is 13.9. The average molecular weight is 369 g/mol. The number of rotatable bonds is 4. The summed E-state index contributed by atoms with van der Waals surface area (Å²) in [7, 11) is -3.93. The maximum absolute atomic E-state index is 12.6. The lowest BCUT2D eigenvalue weighted by Gasteiger charge is -2.17. The fourth-order valence-electron chi connectivity index (χ4n) is 2.76. The molecule has 1 aliphatic rings.